The van der Waals surface area contributed by atoms with Crippen LogP contribution in [-0.2, 0) is 0 Å². The van der Waals surface area contributed by atoms with Gasteiger partial charge in [0, 0.05) is 9.78 Å². The Hall–Kier alpha value is -1.16. The van der Waals surface area contributed by atoms with Crippen molar-refractivity contribution in [2.45, 2.75) is 0 Å². The minimum absolute atomic E-state index is 1.02. The SMILES string of the molecule is IC(=Cc1ccccc1)c1ccccn1. The van der Waals surface area contributed by atoms with Gasteiger partial charge in [-0.3, -0.25) is 4.98 Å². The second-order valence-corrected chi connectivity index (χ2v) is 4.28. The minimum Gasteiger partial charge on any atom is -0.256 e. The molecule has 0 amide bonds. The van der Waals surface area contributed by atoms with Crippen LogP contribution in [0.5, 0.6) is 0 Å². The summed E-state index contributed by atoms with van der Waals surface area (Å²) in [5.74, 6) is 0. The lowest BCUT2D eigenvalue weighted by molar-refractivity contribution is 1.30. The highest BCUT2D eigenvalue weighted by Gasteiger charge is 1.97. The molecule has 0 aliphatic rings. The number of nitrogens with zero attached hydrogens (tertiary/aromatic N) is 1. The van der Waals surface area contributed by atoms with E-state index in [9.17, 15) is 0 Å². The Morgan fingerprint density at radius 2 is 1.73 bits per heavy atom. The molecule has 0 atom stereocenters. The Balaban J connectivity index is 2.29. The first-order valence-electron chi connectivity index (χ1n) is 4.70. The van der Waals surface area contributed by atoms with Crippen LogP contribution in [0.15, 0.2) is 54.7 Å². The molecule has 1 aromatic heterocycles. The molecular formula is C13H10IN. The van der Waals surface area contributed by atoms with Gasteiger partial charge in [-0.2, -0.15) is 0 Å². The van der Waals surface area contributed by atoms with Gasteiger partial charge in [0.25, 0.3) is 0 Å². The molecule has 1 heterocycles. The maximum Gasteiger partial charge on any atom is 0.0763 e. The molecule has 0 aliphatic heterocycles. The molecule has 2 heteroatoms. The molecule has 0 bridgehead atoms. The Kier molecular flexibility index (Phi) is 3.50. The fourth-order valence-electron chi connectivity index (χ4n) is 1.27. The summed E-state index contributed by atoms with van der Waals surface area (Å²) in [6.07, 6.45) is 3.94. The Bertz CT molecular complexity index is 448. The Morgan fingerprint density at radius 3 is 2.40 bits per heavy atom. The number of pyridine rings is 1. The van der Waals surface area contributed by atoms with Gasteiger partial charge in [-0.25, -0.2) is 0 Å². The molecule has 1 aromatic carbocycles. The third-order valence-electron chi connectivity index (χ3n) is 2.00. The van der Waals surface area contributed by atoms with Gasteiger partial charge in [-0.05, 0) is 46.4 Å². The summed E-state index contributed by atoms with van der Waals surface area (Å²) < 4.78 is 1.15. The van der Waals surface area contributed by atoms with Gasteiger partial charge in [-0.1, -0.05) is 36.4 Å². The van der Waals surface area contributed by atoms with E-state index in [0.29, 0.717) is 0 Å². The fraction of sp³-hybridized carbons (Fsp3) is 0. The molecule has 2 rings (SSSR count). The Labute approximate surface area is 103 Å². The lowest BCUT2D eigenvalue weighted by Crippen LogP contribution is -1.81. The summed E-state index contributed by atoms with van der Waals surface area (Å²) in [4.78, 5) is 4.30. The maximum absolute atomic E-state index is 4.30. The number of benzene rings is 1. The molecule has 0 fully saturated rings. The highest BCUT2D eigenvalue weighted by Crippen LogP contribution is 2.22. The summed E-state index contributed by atoms with van der Waals surface area (Å²) in [5.41, 5.74) is 2.22. The summed E-state index contributed by atoms with van der Waals surface area (Å²) in [6.45, 7) is 0. The first kappa shape index (κ1) is 10.4. The van der Waals surface area contributed by atoms with Crippen molar-refractivity contribution >= 4 is 32.2 Å². The van der Waals surface area contributed by atoms with Crippen molar-refractivity contribution in [2.75, 3.05) is 0 Å². The highest BCUT2D eigenvalue weighted by molar-refractivity contribution is 14.1. The number of hydrogen-bond acceptors (Lipinski definition) is 1. The zero-order valence-corrected chi connectivity index (χ0v) is 10.3. The van der Waals surface area contributed by atoms with E-state index in [4.69, 9.17) is 0 Å². The maximum atomic E-state index is 4.30. The van der Waals surface area contributed by atoms with Crippen molar-refractivity contribution in [1.82, 2.24) is 4.98 Å². The third kappa shape index (κ3) is 2.89. The zero-order valence-electron chi connectivity index (χ0n) is 8.10. The predicted octanol–water partition coefficient (Wildman–Crippen LogP) is 4.01. The van der Waals surface area contributed by atoms with Crippen LogP contribution in [0, 0.1) is 0 Å². The molecule has 0 saturated heterocycles. The Morgan fingerprint density at radius 1 is 1.00 bits per heavy atom. The van der Waals surface area contributed by atoms with E-state index in [1.54, 1.807) is 0 Å². The first-order chi connectivity index (χ1) is 7.36. The van der Waals surface area contributed by atoms with E-state index in [1.165, 1.54) is 5.56 Å². The minimum atomic E-state index is 1.02. The van der Waals surface area contributed by atoms with Crippen LogP contribution in [0.3, 0.4) is 0 Å². The topological polar surface area (TPSA) is 12.9 Å². The van der Waals surface area contributed by atoms with E-state index in [1.807, 2.05) is 42.6 Å². The molecule has 2 aromatic rings. The molecule has 0 N–H and O–H groups in total. The average molecular weight is 307 g/mol. The van der Waals surface area contributed by atoms with Crippen molar-refractivity contribution < 1.29 is 0 Å². The lowest BCUT2D eigenvalue weighted by Gasteiger charge is -1.98. The second-order valence-electron chi connectivity index (χ2n) is 3.12. The molecule has 0 spiro atoms. The van der Waals surface area contributed by atoms with Crippen molar-refractivity contribution in [2.24, 2.45) is 0 Å². The summed E-state index contributed by atoms with van der Waals surface area (Å²) in [6, 6.07) is 16.2. The first-order valence-corrected chi connectivity index (χ1v) is 5.78. The van der Waals surface area contributed by atoms with Crippen LogP contribution in [0.4, 0.5) is 0 Å². The van der Waals surface area contributed by atoms with Crippen LogP contribution < -0.4 is 0 Å². The molecule has 0 aliphatic carbocycles. The van der Waals surface area contributed by atoms with Crippen LogP contribution in [0.25, 0.3) is 9.66 Å². The van der Waals surface area contributed by atoms with E-state index in [-0.39, 0.29) is 0 Å². The van der Waals surface area contributed by atoms with Crippen LogP contribution >= 0.6 is 22.6 Å². The van der Waals surface area contributed by atoms with Gasteiger partial charge in [0.2, 0.25) is 0 Å². The molecule has 15 heavy (non-hydrogen) atoms. The molecular weight excluding hydrogens is 297 g/mol. The van der Waals surface area contributed by atoms with Gasteiger partial charge in [0.1, 0.15) is 0 Å². The number of aromatic nitrogens is 1. The van der Waals surface area contributed by atoms with E-state index in [0.717, 1.165) is 9.27 Å². The summed E-state index contributed by atoms with van der Waals surface area (Å²) in [7, 11) is 0. The van der Waals surface area contributed by atoms with E-state index >= 15 is 0 Å². The van der Waals surface area contributed by atoms with Gasteiger partial charge in [0.15, 0.2) is 0 Å². The summed E-state index contributed by atoms with van der Waals surface area (Å²) >= 11 is 2.31. The van der Waals surface area contributed by atoms with Crippen molar-refractivity contribution in [3.8, 4) is 0 Å². The monoisotopic (exact) mass is 307 g/mol. The van der Waals surface area contributed by atoms with E-state index in [2.05, 4.69) is 45.8 Å². The number of rotatable bonds is 2. The van der Waals surface area contributed by atoms with Crippen molar-refractivity contribution in [3.63, 3.8) is 0 Å². The molecule has 0 saturated carbocycles. The largest absolute Gasteiger partial charge is 0.256 e. The highest BCUT2D eigenvalue weighted by atomic mass is 127. The molecule has 0 radical (unpaired) electrons. The van der Waals surface area contributed by atoms with Crippen LogP contribution in [0.2, 0.25) is 0 Å². The predicted molar refractivity (Wildman–Crippen MR) is 72.6 cm³/mol. The molecule has 0 unspecified atom stereocenters. The second kappa shape index (κ2) is 5.07. The fourth-order valence-corrected chi connectivity index (χ4v) is 1.95. The average Bonchev–Trinajstić information content (AvgIpc) is 2.31. The zero-order chi connectivity index (χ0) is 10.5. The van der Waals surface area contributed by atoms with Gasteiger partial charge in [-0.15, -0.1) is 0 Å². The van der Waals surface area contributed by atoms with E-state index < -0.39 is 0 Å². The lowest BCUT2D eigenvalue weighted by atomic mass is 10.2. The normalized spacial score (nSPS) is 11.4. The smallest absolute Gasteiger partial charge is 0.0763 e. The number of hydrogen-bond donors (Lipinski definition) is 0. The third-order valence-corrected chi connectivity index (χ3v) is 2.87. The van der Waals surface area contributed by atoms with Gasteiger partial charge < -0.3 is 0 Å². The quantitative estimate of drug-likeness (QED) is 0.764. The summed E-state index contributed by atoms with van der Waals surface area (Å²) in [5, 5.41) is 0. The standard InChI is InChI=1S/C13H10IN/c14-12(13-8-4-5-9-15-13)10-11-6-2-1-3-7-11/h1-10H. The molecule has 74 valence electrons. The van der Waals surface area contributed by atoms with Crippen LogP contribution in [-0.4, -0.2) is 4.98 Å². The number of halogens is 1. The van der Waals surface area contributed by atoms with Crippen molar-refractivity contribution in [1.29, 1.82) is 0 Å². The molecule has 1 nitrogen and oxygen atoms in total. The van der Waals surface area contributed by atoms with Crippen molar-refractivity contribution in [3.05, 3.63) is 66.0 Å². The van der Waals surface area contributed by atoms with Gasteiger partial charge in [0.05, 0.1) is 5.69 Å². The van der Waals surface area contributed by atoms with Crippen LogP contribution in [0.1, 0.15) is 11.3 Å². The van der Waals surface area contributed by atoms with Gasteiger partial charge >= 0.3 is 0 Å².